The highest BCUT2D eigenvalue weighted by Crippen LogP contribution is 2.27. The number of carbonyl (C=O) groups excluding carboxylic acids is 1. The summed E-state index contributed by atoms with van der Waals surface area (Å²) in [6, 6.07) is 9.50. The van der Waals surface area contributed by atoms with Gasteiger partial charge in [0.2, 0.25) is 0 Å². The van der Waals surface area contributed by atoms with Crippen LogP contribution in [0.25, 0.3) is 0 Å². The van der Waals surface area contributed by atoms with Gasteiger partial charge in [-0.2, -0.15) is 0 Å². The molecule has 1 aromatic rings. The SMILES string of the molecule is CC(C)(CCS(=O)CCS(=O)CCC(C)(C)CC(=O)OCc1ccccc1)CC(=O)O. The fourth-order valence-corrected chi connectivity index (χ4v) is 6.39. The number of rotatable bonds is 15. The summed E-state index contributed by atoms with van der Waals surface area (Å²) in [6.45, 7) is 7.86. The first-order valence-corrected chi connectivity index (χ1v) is 13.5. The summed E-state index contributed by atoms with van der Waals surface area (Å²) in [7, 11) is -2.23. The van der Waals surface area contributed by atoms with Gasteiger partial charge in [0.25, 0.3) is 0 Å². The van der Waals surface area contributed by atoms with E-state index in [0.29, 0.717) is 35.9 Å². The maximum atomic E-state index is 12.3. The van der Waals surface area contributed by atoms with Crippen LogP contribution in [0.15, 0.2) is 30.3 Å². The summed E-state index contributed by atoms with van der Waals surface area (Å²) in [5.74, 6) is 0.417. The summed E-state index contributed by atoms with van der Waals surface area (Å²) in [5.41, 5.74) is 0.206. The molecule has 176 valence electrons. The molecule has 0 fully saturated rings. The van der Waals surface area contributed by atoms with Crippen LogP contribution in [0.5, 0.6) is 0 Å². The third kappa shape index (κ3) is 13.5. The molecule has 0 aliphatic carbocycles. The Hall–Kier alpha value is -1.54. The average molecular weight is 473 g/mol. The van der Waals surface area contributed by atoms with Gasteiger partial charge < -0.3 is 9.84 Å². The number of esters is 1. The molecular formula is C23H36O6S2. The first kappa shape index (κ1) is 27.5. The zero-order chi connectivity index (χ0) is 23.5. The predicted octanol–water partition coefficient (Wildman–Crippen LogP) is 3.92. The van der Waals surface area contributed by atoms with Crippen molar-refractivity contribution in [1.29, 1.82) is 0 Å². The maximum absolute atomic E-state index is 12.3. The first-order valence-electron chi connectivity index (χ1n) is 10.5. The zero-order valence-electron chi connectivity index (χ0n) is 19.1. The molecule has 0 aromatic heterocycles. The average Bonchev–Trinajstić information content (AvgIpc) is 2.67. The number of carboxylic acids is 1. The Morgan fingerprint density at radius 3 is 1.81 bits per heavy atom. The highest BCUT2D eigenvalue weighted by atomic mass is 32.2. The Kier molecular flexibility index (Phi) is 11.6. The largest absolute Gasteiger partial charge is 0.481 e. The molecule has 31 heavy (non-hydrogen) atoms. The highest BCUT2D eigenvalue weighted by Gasteiger charge is 2.25. The van der Waals surface area contributed by atoms with Crippen LogP contribution in [0.2, 0.25) is 0 Å². The lowest BCUT2D eigenvalue weighted by atomic mass is 9.86. The Bertz CT molecular complexity index is 759. The number of carbonyl (C=O) groups is 2. The van der Waals surface area contributed by atoms with E-state index in [1.165, 1.54) is 0 Å². The van der Waals surface area contributed by atoms with Crippen molar-refractivity contribution in [3.63, 3.8) is 0 Å². The minimum absolute atomic E-state index is 0.0407. The van der Waals surface area contributed by atoms with Crippen LogP contribution in [0.3, 0.4) is 0 Å². The van der Waals surface area contributed by atoms with Crippen molar-refractivity contribution < 1.29 is 27.9 Å². The van der Waals surface area contributed by atoms with E-state index in [4.69, 9.17) is 9.84 Å². The van der Waals surface area contributed by atoms with Gasteiger partial charge in [0.15, 0.2) is 0 Å². The van der Waals surface area contributed by atoms with Crippen LogP contribution in [0, 0.1) is 10.8 Å². The number of aliphatic carboxylic acids is 1. The van der Waals surface area contributed by atoms with E-state index in [0.717, 1.165) is 5.56 Å². The molecule has 0 saturated heterocycles. The lowest BCUT2D eigenvalue weighted by Crippen LogP contribution is -2.23. The first-order chi connectivity index (χ1) is 14.4. The molecule has 0 radical (unpaired) electrons. The molecule has 2 atom stereocenters. The van der Waals surface area contributed by atoms with Crippen LogP contribution in [0.1, 0.15) is 58.9 Å². The van der Waals surface area contributed by atoms with Crippen LogP contribution in [-0.2, 0) is 42.5 Å². The van der Waals surface area contributed by atoms with Gasteiger partial charge in [-0.15, -0.1) is 0 Å². The molecule has 6 nitrogen and oxygen atoms in total. The molecule has 8 heteroatoms. The fraction of sp³-hybridized carbons (Fsp3) is 0.652. The number of hydrogen-bond acceptors (Lipinski definition) is 5. The van der Waals surface area contributed by atoms with E-state index in [9.17, 15) is 18.0 Å². The Morgan fingerprint density at radius 2 is 1.32 bits per heavy atom. The van der Waals surface area contributed by atoms with Gasteiger partial charge >= 0.3 is 11.9 Å². The molecule has 0 spiro atoms. The third-order valence-corrected chi connectivity index (χ3v) is 7.94. The van der Waals surface area contributed by atoms with Gasteiger partial charge in [-0.05, 0) is 29.2 Å². The summed E-state index contributed by atoms with van der Waals surface area (Å²) < 4.78 is 29.8. The van der Waals surface area contributed by atoms with Gasteiger partial charge in [-0.3, -0.25) is 18.0 Å². The number of ether oxygens (including phenoxy) is 1. The smallest absolute Gasteiger partial charge is 0.306 e. The van der Waals surface area contributed by atoms with Crippen LogP contribution < -0.4 is 0 Å². The van der Waals surface area contributed by atoms with Crippen molar-refractivity contribution >= 4 is 33.5 Å². The van der Waals surface area contributed by atoms with Gasteiger partial charge in [0.1, 0.15) is 6.61 Å². The maximum Gasteiger partial charge on any atom is 0.306 e. The molecule has 2 unspecified atom stereocenters. The van der Waals surface area contributed by atoms with E-state index < -0.39 is 33.0 Å². The predicted molar refractivity (Wildman–Crippen MR) is 126 cm³/mol. The molecular weight excluding hydrogens is 436 g/mol. The molecule has 0 bridgehead atoms. The van der Waals surface area contributed by atoms with E-state index in [-0.39, 0.29) is 30.8 Å². The minimum atomic E-state index is -1.12. The molecule has 0 saturated carbocycles. The monoisotopic (exact) mass is 472 g/mol. The fourth-order valence-electron chi connectivity index (χ4n) is 2.94. The highest BCUT2D eigenvalue weighted by molar-refractivity contribution is 7.88. The second-order valence-corrected chi connectivity index (χ2v) is 12.8. The quantitative estimate of drug-likeness (QED) is 0.389. The number of carboxylic acid groups (broad SMARTS) is 1. The Balaban J connectivity index is 2.28. The Labute approximate surface area is 191 Å². The topological polar surface area (TPSA) is 97.7 Å². The van der Waals surface area contributed by atoms with E-state index in [1.54, 1.807) is 0 Å². The zero-order valence-corrected chi connectivity index (χ0v) is 20.7. The second-order valence-electron chi connectivity index (χ2n) is 9.42. The molecule has 1 rings (SSSR count). The van der Waals surface area contributed by atoms with Gasteiger partial charge in [-0.1, -0.05) is 58.0 Å². The van der Waals surface area contributed by atoms with Crippen LogP contribution in [0.4, 0.5) is 0 Å². The summed E-state index contributed by atoms with van der Waals surface area (Å²) in [6.07, 6.45) is 1.45. The van der Waals surface area contributed by atoms with Crippen molar-refractivity contribution in [1.82, 2.24) is 0 Å². The van der Waals surface area contributed by atoms with Crippen molar-refractivity contribution in [3.05, 3.63) is 35.9 Å². The summed E-state index contributed by atoms with van der Waals surface area (Å²) in [5, 5.41) is 8.91. The summed E-state index contributed by atoms with van der Waals surface area (Å²) in [4.78, 5) is 23.0. The van der Waals surface area contributed by atoms with E-state index >= 15 is 0 Å². The molecule has 0 aliphatic heterocycles. The van der Waals surface area contributed by atoms with E-state index in [1.807, 2.05) is 58.0 Å². The number of hydrogen-bond donors (Lipinski definition) is 1. The van der Waals surface area contributed by atoms with Gasteiger partial charge in [0, 0.05) is 44.6 Å². The lowest BCUT2D eigenvalue weighted by molar-refractivity contribution is -0.147. The molecule has 1 aromatic carbocycles. The van der Waals surface area contributed by atoms with Gasteiger partial charge in [-0.25, -0.2) is 0 Å². The molecule has 0 amide bonds. The summed E-state index contributed by atoms with van der Waals surface area (Å²) >= 11 is 0. The van der Waals surface area contributed by atoms with Crippen molar-refractivity contribution in [3.8, 4) is 0 Å². The molecule has 0 heterocycles. The van der Waals surface area contributed by atoms with Crippen LogP contribution >= 0.6 is 0 Å². The third-order valence-electron chi connectivity index (χ3n) is 5.05. The number of benzene rings is 1. The van der Waals surface area contributed by atoms with Crippen LogP contribution in [-0.4, -0.2) is 48.5 Å². The lowest BCUT2D eigenvalue weighted by Gasteiger charge is -2.23. The minimum Gasteiger partial charge on any atom is -0.481 e. The van der Waals surface area contributed by atoms with Gasteiger partial charge in [0.05, 0.1) is 12.8 Å². The van der Waals surface area contributed by atoms with E-state index in [2.05, 4.69) is 0 Å². The Morgan fingerprint density at radius 1 is 0.839 bits per heavy atom. The molecule has 0 aliphatic rings. The van der Waals surface area contributed by atoms with Crippen molar-refractivity contribution in [2.45, 2.75) is 60.0 Å². The standard InChI is InChI=1S/C23H36O6S2/c1-22(2,16-20(24)25)10-12-30(27)14-15-31(28)13-11-23(3,4)17-21(26)29-18-19-8-6-5-7-9-19/h5-9H,10-18H2,1-4H3,(H,24,25). The molecule has 1 N–H and O–H groups in total. The van der Waals surface area contributed by atoms with Crippen molar-refractivity contribution in [2.75, 3.05) is 23.0 Å². The van der Waals surface area contributed by atoms with Crippen molar-refractivity contribution in [2.24, 2.45) is 10.8 Å². The normalized spacial score (nSPS) is 14.1. The second kappa shape index (κ2) is 13.1.